The minimum atomic E-state index is -4.97. The van der Waals surface area contributed by atoms with E-state index in [9.17, 15) is 17.6 Å². The van der Waals surface area contributed by atoms with Crippen molar-refractivity contribution in [2.24, 2.45) is 0 Å². The predicted octanol–water partition coefficient (Wildman–Crippen LogP) is 1.90. The molecule has 1 rings (SSSR count). The molecular formula is C8H5F4N3O. The maximum absolute atomic E-state index is 12.5. The van der Waals surface area contributed by atoms with E-state index in [4.69, 9.17) is 11.0 Å². The van der Waals surface area contributed by atoms with Crippen molar-refractivity contribution >= 4 is 5.69 Å². The van der Waals surface area contributed by atoms with Crippen molar-refractivity contribution in [3.63, 3.8) is 0 Å². The first-order valence-electron chi connectivity index (χ1n) is 3.88. The molecule has 86 valence electrons. The van der Waals surface area contributed by atoms with Gasteiger partial charge in [0, 0.05) is 0 Å². The highest BCUT2D eigenvalue weighted by atomic mass is 19.4. The van der Waals surface area contributed by atoms with Gasteiger partial charge < -0.3 is 10.5 Å². The quantitative estimate of drug-likeness (QED) is 0.794. The molecule has 16 heavy (non-hydrogen) atoms. The molecule has 0 amide bonds. The predicted molar refractivity (Wildman–Crippen MR) is 44.9 cm³/mol. The summed E-state index contributed by atoms with van der Waals surface area (Å²) in [4.78, 5) is 3.31. The molecule has 1 heterocycles. The summed E-state index contributed by atoms with van der Waals surface area (Å²) in [6.07, 6.45) is -4.36. The van der Waals surface area contributed by atoms with E-state index in [1.54, 1.807) is 0 Å². The molecule has 2 N–H and O–H groups in total. The summed E-state index contributed by atoms with van der Waals surface area (Å²) in [5.41, 5.74) is 3.92. The molecule has 1 aromatic heterocycles. The maximum atomic E-state index is 12.5. The largest absolute Gasteiger partial charge is 0.573 e. The second-order valence-electron chi connectivity index (χ2n) is 2.66. The van der Waals surface area contributed by atoms with E-state index in [-0.39, 0.29) is 5.69 Å². The number of ether oxygens (including phenoxy) is 1. The minimum Gasteiger partial charge on any atom is -0.404 e. The summed E-state index contributed by atoms with van der Waals surface area (Å²) in [6.45, 7) is -1.28. The topological polar surface area (TPSA) is 71.9 Å². The first-order valence-corrected chi connectivity index (χ1v) is 3.88. The average Bonchev–Trinajstić information content (AvgIpc) is 2.16. The van der Waals surface area contributed by atoms with Crippen molar-refractivity contribution < 1.29 is 22.3 Å². The molecule has 0 saturated heterocycles. The van der Waals surface area contributed by atoms with Gasteiger partial charge >= 0.3 is 6.36 Å². The van der Waals surface area contributed by atoms with Crippen molar-refractivity contribution in [2.45, 2.75) is 13.0 Å². The number of alkyl halides is 4. The lowest BCUT2D eigenvalue weighted by Gasteiger charge is -2.12. The molecule has 0 spiro atoms. The van der Waals surface area contributed by atoms with Crippen LogP contribution in [0.3, 0.4) is 0 Å². The summed E-state index contributed by atoms with van der Waals surface area (Å²) in [5, 5.41) is 8.48. The maximum Gasteiger partial charge on any atom is 0.573 e. The van der Waals surface area contributed by atoms with Gasteiger partial charge in [-0.2, -0.15) is 5.26 Å². The van der Waals surface area contributed by atoms with Gasteiger partial charge in [0.05, 0.1) is 17.4 Å². The monoisotopic (exact) mass is 235 g/mol. The number of anilines is 1. The minimum absolute atomic E-state index is 0.345. The van der Waals surface area contributed by atoms with Crippen LogP contribution < -0.4 is 10.5 Å². The standard InChI is InChI=1S/C8H5F4N3O/c9-1-4-6(16-8(10,11)12)3-15-5(2-13)7(4)14/h3H,1,14H2. The van der Waals surface area contributed by atoms with Gasteiger partial charge in [-0.25, -0.2) is 9.37 Å². The normalized spacial score (nSPS) is 10.9. The number of nitrogens with zero attached hydrogens (tertiary/aromatic N) is 2. The van der Waals surface area contributed by atoms with Crippen molar-refractivity contribution in [3.8, 4) is 11.8 Å². The van der Waals surface area contributed by atoms with Crippen molar-refractivity contribution in [1.29, 1.82) is 5.26 Å². The van der Waals surface area contributed by atoms with E-state index in [0.717, 1.165) is 0 Å². The number of aromatic nitrogens is 1. The molecule has 0 bridgehead atoms. The summed E-state index contributed by atoms with van der Waals surface area (Å²) in [6, 6.07) is 1.52. The molecule has 0 fully saturated rings. The lowest BCUT2D eigenvalue weighted by molar-refractivity contribution is -0.275. The third-order valence-corrected chi connectivity index (χ3v) is 1.65. The molecule has 0 saturated carbocycles. The van der Waals surface area contributed by atoms with E-state index in [2.05, 4.69) is 9.72 Å². The Labute approximate surface area is 87.3 Å². The summed E-state index contributed by atoms with van der Waals surface area (Å²) >= 11 is 0. The number of hydrogen-bond acceptors (Lipinski definition) is 4. The number of hydrogen-bond donors (Lipinski definition) is 1. The third-order valence-electron chi connectivity index (χ3n) is 1.65. The van der Waals surface area contributed by atoms with Crippen LogP contribution in [-0.2, 0) is 6.67 Å². The molecule has 0 atom stereocenters. The van der Waals surface area contributed by atoms with Gasteiger partial charge in [-0.3, -0.25) is 0 Å². The summed E-state index contributed by atoms with van der Waals surface area (Å²) in [7, 11) is 0. The SMILES string of the molecule is N#Cc1ncc(OC(F)(F)F)c(CF)c1N. The Bertz CT molecular complexity index is 438. The number of nitrogen functional groups attached to an aromatic ring is 1. The molecule has 8 heteroatoms. The molecule has 0 unspecified atom stereocenters. The smallest absolute Gasteiger partial charge is 0.404 e. The van der Waals surface area contributed by atoms with Crippen LogP contribution in [0.5, 0.6) is 5.75 Å². The van der Waals surface area contributed by atoms with Gasteiger partial charge in [-0.15, -0.1) is 13.2 Å². The Morgan fingerprint density at radius 3 is 2.56 bits per heavy atom. The number of nitrogens with two attached hydrogens (primary N) is 1. The molecule has 0 radical (unpaired) electrons. The van der Waals surface area contributed by atoms with E-state index in [0.29, 0.717) is 6.20 Å². The summed E-state index contributed by atoms with van der Waals surface area (Å²) < 4.78 is 51.7. The zero-order chi connectivity index (χ0) is 12.3. The lowest BCUT2D eigenvalue weighted by atomic mass is 10.2. The molecule has 0 aliphatic heterocycles. The molecule has 0 aliphatic carbocycles. The van der Waals surface area contributed by atoms with Gasteiger partial charge in [0.1, 0.15) is 12.7 Å². The average molecular weight is 235 g/mol. The fraction of sp³-hybridized carbons (Fsp3) is 0.250. The van der Waals surface area contributed by atoms with E-state index in [1.165, 1.54) is 6.07 Å². The van der Waals surface area contributed by atoms with Crippen LogP contribution in [0.2, 0.25) is 0 Å². The zero-order valence-corrected chi connectivity index (χ0v) is 7.68. The Morgan fingerprint density at radius 2 is 2.12 bits per heavy atom. The molecular weight excluding hydrogens is 230 g/mol. The Morgan fingerprint density at radius 1 is 1.50 bits per heavy atom. The highest BCUT2D eigenvalue weighted by Crippen LogP contribution is 2.31. The first kappa shape index (κ1) is 12.0. The van der Waals surface area contributed by atoms with Gasteiger partial charge in [0.15, 0.2) is 11.4 Å². The van der Waals surface area contributed by atoms with Crippen molar-refractivity contribution in [1.82, 2.24) is 4.98 Å². The second-order valence-corrected chi connectivity index (χ2v) is 2.66. The van der Waals surface area contributed by atoms with Gasteiger partial charge in [0.25, 0.3) is 0 Å². The van der Waals surface area contributed by atoms with E-state index in [1.807, 2.05) is 0 Å². The highest BCUT2D eigenvalue weighted by molar-refractivity contribution is 5.60. The number of halogens is 4. The number of pyridine rings is 1. The zero-order valence-electron chi connectivity index (χ0n) is 7.68. The molecule has 0 aromatic carbocycles. The highest BCUT2D eigenvalue weighted by Gasteiger charge is 2.33. The third kappa shape index (κ3) is 2.50. The molecule has 4 nitrogen and oxygen atoms in total. The van der Waals surface area contributed by atoms with Crippen LogP contribution >= 0.6 is 0 Å². The Kier molecular flexibility index (Phi) is 3.17. The van der Waals surface area contributed by atoms with Crippen molar-refractivity contribution in [2.75, 3.05) is 5.73 Å². The van der Waals surface area contributed by atoms with E-state index < -0.39 is 30.0 Å². The first-order chi connectivity index (χ1) is 7.39. The Hall–Kier alpha value is -2.04. The summed E-state index contributed by atoms with van der Waals surface area (Å²) in [5.74, 6) is -0.841. The van der Waals surface area contributed by atoms with Gasteiger partial charge in [-0.1, -0.05) is 0 Å². The fourth-order valence-electron chi connectivity index (χ4n) is 0.986. The fourth-order valence-corrected chi connectivity index (χ4v) is 0.986. The van der Waals surface area contributed by atoms with Crippen molar-refractivity contribution in [3.05, 3.63) is 17.5 Å². The number of rotatable bonds is 2. The van der Waals surface area contributed by atoms with Crippen LogP contribution in [-0.4, -0.2) is 11.3 Å². The lowest BCUT2D eigenvalue weighted by Crippen LogP contribution is -2.19. The van der Waals surface area contributed by atoms with Gasteiger partial charge in [-0.05, 0) is 0 Å². The van der Waals surface area contributed by atoms with Crippen LogP contribution in [0, 0.1) is 11.3 Å². The Balaban J connectivity index is 3.22. The van der Waals surface area contributed by atoms with Crippen LogP contribution in [0.1, 0.15) is 11.3 Å². The van der Waals surface area contributed by atoms with Crippen LogP contribution in [0.25, 0.3) is 0 Å². The second kappa shape index (κ2) is 4.22. The number of nitriles is 1. The molecule has 0 aliphatic rings. The van der Waals surface area contributed by atoms with E-state index >= 15 is 0 Å². The molecule has 1 aromatic rings. The van der Waals surface area contributed by atoms with Crippen LogP contribution in [0.15, 0.2) is 6.20 Å². The van der Waals surface area contributed by atoms with Gasteiger partial charge in [0.2, 0.25) is 0 Å². The van der Waals surface area contributed by atoms with Crippen LogP contribution in [0.4, 0.5) is 23.2 Å².